The van der Waals surface area contributed by atoms with E-state index in [0.717, 1.165) is 26.2 Å². The maximum atomic E-state index is 5.88. The molecule has 2 N–H and O–H groups in total. The number of fused-ring (bicyclic) bond motifs is 1. The van der Waals surface area contributed by atoms with Gasteiger partial charge in [-0.05, 0) is 28.8 Å². The second-order valence-electron chi connectivity index (χ2n) is 4.43. The van der Waals surface area contributed by atoms with Gasteiger partial charge in [0.2, 0.25) is 0 Å². The molecule has 82 valence electrons. The minimum Gasteiger partial charge on any atom is -0.376 e. The normalized spacial score (nSPS) is 22.5. The average Bonchev–Trinajstić information content (AvgIpc) is 3.00. The van der Waals surface area contributed by atoms with E-state index in [9.17, 15) is 0 Å². The first kappa shape index (κ1) is 10.3. The highest BCUT2D eigenvalue weighted by Crippen LogP contribution is 2.54. The molecule has 1 aromatic heterocycles. The lowest BCUT2D eigenvalue weighted by Gasteiger charge is -2.12. The summed E-state index contributed by atoms with van der Waals surface area (Å²) in [6, 6.07) is 0. The molecule has 0 aromatic carbocycles. The molecule has 0 bridgehead atoms. The summed E-state index contributed by atoms with van der Waals surface area (Å²) in [6.45, 7) is 2.42. The zero-order chi connectivity index (χ0) is 10.5. The van der Waals surface area contributed by atoms with Crippen LogP contribution in [0.4, 0.5) is 0 Å². The molecule has 0 amide bonds. The summed E-state index contributed by atoms with van der Waals surface area (Å²) in [7, 11) is 0. The third kappa shape index (κ3) is 1.50. The first-order valence-electron chi connectivity index (χ1n) is 5.35. The second kappa shape index (κ2) is 3.55. The Hall–Kier alpha value is 0.1000. The van der Waals surface area contributed by atoms with E-state index >= 15 is 0 Å². The Labute approximate surface area is 102 Å². The molecule has 0 spiro atoms. The van der Waals surface area contributed by atoms with E-state index in [0.29, 0.717) is 5.41 Å². The monoisotopic (exact) mass is 287 g/mol. The zero-order valence-corrected chi connectivity index (χ0v) is 10.9. The molecule has 1 saturated carbocycles. The molecule has 15 heavy (non-hydrogen) atoms. The van der Waals surface area contributed by atoms with Gasteiger partial charge in [-0.2, -0.15) is 0 Å². The van der Waals surface area contributed by atoms with Gasteiger partial charge in [-0.1, -0.05) is 0 Å². The number of hydrogen-bond donors (Lipinski definition) is 1. The van der Waals surface area contributed by atoms with Gasteiger partial charge < -0.3 is 10.5 Å². The Morgan fingerprint density at radius 3 is 2.87 bits per heavy atom. The van der Waals surface area contributed by atoms with Gasteiger partial charge in [-0.15, -0.1) is 11.3 Å². The van der Waals surface area contributed by atoms with Crippen LogP contribution < -0.4 is 5.73 Å². The predicted molar refractivity (Wildman–Crippen MR) is 65.3 cm³/mol. The van der Waals surface area contributed by atoms with Crippen molar-refractivity contribution in [3.05, 3.63) is 19.8 Å². The maximum Gasteiger partial charge on any atom is 0.0739 e. The number of thiophene rings is 1. The summed E-state index contributed by atoms with van der Waals surface area (Å²) in [5.74, 6) is 0. The van der Waals surface area contributed by atoms with Crippen LogP contribution in [0.15, 0.2) is 4.47 Å². The predicted octanol–water partition coefficient (Wildman–Crippen LogP) is 2.57. The van der Waals surface area contributed by atoms with Crippen LogP contribution in [0, 0.1) is 0 Å². The minimum absolute atomic E-state index is 0.306. The molecule has 1 aromatic rings. The van der Waals surface area contributed by atoms with Crippen molar-refractivity contribution in [3.8, 4) is 0 Å². The van der Waals surface area contributed by atoms with Gasteiger partial charge in [0.05, 0.1) is 13.2 Å². The number of nitrogens with two attached hydrogens (primary N) is 1. The fourth-order valence-electron chi connectivity index (χ4n) is 2.19. The Bertz CT molecular complexity index is 398. The maximum absolute atomic E-state index is 5.88. The Morgan fingerprint density at radius 1 is 1.47 bits per heavy atom. The van der Waals surface area contributed by atoms with Crippen LogP contribution in [-0.2, 0) is 23.2 Å². The molecule has 0 saturated heterocycles. The van der Waals surface area contributed by atoms with Crippen LogP contribution >= 0.6 is 27.3 Å². The number of hydrogen-bond acceptors (Lipinski definition) is 3. The van der Waals surface area contributed by atoms with E-state index in [1.165, 1.54) is 32.6 Å². The van der Waals surface area contributed by atoms with Crippen molar-refractivity contribution < 1.29 is 4.74 Å². The lowest BCUT2D eigenvalue weighted by Crippen LogP contribution is -2.18. The number of rotatable bonds is 2. The largest absolute Gasteiger partial charge is 0.376 e. The third-order valence-corrected chi connectivity index (χ3v) is 6.15. The van der Waals surface area contributed by atoms with Crippen molar-refractivity contribution in [2.75, 3.05) is 13.2 Å². The van der Waals surface area contributed by atoms with E-state index in [1.807, 2.05) is 11.3 Å². The standard InChI is InChI=1S/C11H14BrNOS/c12-9-7-5-14-4-1-8(7)15-10(9)11(6-13)2-3-11/h1-6,13H2. The molecule has 2 nitrogen and oxygen atoms in total. The SMILES string of the molecule is NCC1(c2sc3c(c2Br)COCC3)CC1. The molecule has 2 aliphatic rings. The van der Waals surface area contributed by atoms with E-state index < -0.39 is 0 Å². The summed E-state index contributed by atoms with van der Waals surface area (Å²) in [4.78, 5) is 2.98. The fourth-order valence-corrected chi connectivity index (χ4v) is 4.77. The van der Waals surface area contributed by atoms with E-state index in [1.54, 1.807) is 0 Å². The summed E-state index contributed by atoms with van der Waals surface area (Å²) < 4.78 is 6.78. The number of ether oxygens (including phenoxy) is 1. The van der Waals surface area contributed by atoms with Crippen molar-refractivity contribution >= 4 is 27.3 Å². The van der Waals surface area contributed by atoms with Crippen LogP contribution in [0.2, 0.25) is 0 Å². The van der Waals surface area contributed by atoms with Gasteiger partial charge in [0.1, 0.15) is 0 Å². The quantitative estimate of drug-likeness (QED) is 0.907. The minimum atomic E-state index is 0.306. The summed E-state index contributed by atoms with van der Waals surface area (Å²) in [6.07, 6.45) is 3.57. The van der Waals surface area contributed by atoms with Crippen LogP contribution in [0.5, 0.6) is 0 Å². The fraction of sp³-hybridized carbons (Fsp3) is 0.636. The molecular weight excluding hydrogens is 274 g/mol. The molecule has 1 fully saturated rings. The molecule has 4 heteroatoms. The van der Waals surface area contributed by atoms with E-state index in [4.69, 9.17) is 10.5 Å². The molecule has 0 unspecified atom stereocenters. The smallest absolute Gasteiger partial charge is 0.0739 e. The van der Waals surface area contributed by atoms with Crippen molar-refractivity contribution in [1.29, 1.82) is 0 Å². The summed E-state index contributed by atoms with van der Waals surface area (Å²) >= 11 is 5.68. The van der Waals surface area contributed by atoms with Gasteiger partial charge in [0, 0.05) is 38.2 Å². The van der Waals surface area contributed by atoms with Crippen molar-refractivity contribution in [2.24, 2.45) is 5.73 Å². The molecule has 1 aliphatic carbocycles. The topological polar surface area (TPSA) is 35.2 Å². The van der Waals surface area contributed by atoms with E-state index in [-0.39, 0.29) is 0 Å². The van der Waals surface area contributed by atoms with Gasteiger partial charge in [0.15, 0.2) is 0 Å². The first-order chi connectivity index (χ1) is 7.27. The Kier molecular flexibility index (Phi) is 2.43. The van der Waals surface area contributed by atoms with Crippen LogP contribution in [-0.4, -0.2) is 13.2 Å². The Morgan fingerprint density at radius 2 is 2.27 bits per heavy atom. The lowest BCUT2D eigenvalue weighted by atomic mass is 10.0. The molecule has 2 heterocycles. The highest BCUT2D eigenvalue weighted by atomic mass is 79.9. The number of halogens is 1. The average molecular weight is 288 g/mol. The third-order valence-electron chi connectivity index (χ3n) is 3.47. The lowest BCUT2D eigenvalue weighted by molar-refractivity contribution is 0.111. The highest BCUT2D eigenvalue weighted by Gasteiger charge is 2.46. The molecule has 0 atom stereocenters. The molecule has 1 aliphatic heterocycles. The van der Waals surface area contributed by atoms with Crippen LogP contribution in [0.3, 0.4) is 0 Å². The van der Waals surface area contributed by atoms with Gasteiger partial charge in [0.25, 0.3) is 0 Å². The van der Waals surface area contributed by atoms with Crippen LogP contribution in [0.1, 0.15) is 28.2 Å². The van der Waals surface area contributed by atoms with E-state index in [2.05, 4.69) is 15.9 Å². The van der Waals surface area contributed by atoms with Gasteiger partial charge in [-0.3, -0.25) is 0 Å². The Balaban J connectivity index is 2.06. The van der Waals surface area contributed by atoms with Crippen molar-refractivity contribution in [1.82, 2.24) is 0 Å². The second-order valence-corrected chi connectivity index (χ2v) is 6.33. The molecular formula is C11H14BrNOS. The van der Waals surface area contributed by atoms with Gasteiger partial charge >= 0.3 is 0 Å². The molecule has 3 rings (SSSR count). The highest BCUT2D eigenvalue weighted by molar-refractivity contribution is 9.10. The summed E-state index contributed by atoms with van der Waals surface area (Å²) in [5, 5.41) is 0. The van der Waals surface area contributed by atoms with Gasteiger partial charge in [-0.25, -0.2) is 0 Å². The van der Waals surface area contributed by atoms with Crippen molar-refractivity contribution in [2.45, 2.75) is 31.3 Å². The first-order valence-corrected chi connectivity index (χ1v) is 6.96. The molecule has 0 radical (unpaired) electrons. The zero-order valence-electron chi connectivity index (χ0n) is 8.51. The summed E-state index contributed by atoms with van der Waals surface area (Å²) in [5.41, 5.74) is 7.56. The van der Waals surface area contributed by atoms with Crippen LogP contribution in [0.25, 0.3) is 0 Å². The van der Waals surface area contributed by atoms with Crippen molar-refractivity contribution in [3.63, 3.8) is 0 Å².